The molecule has 0 amide bonds. The number of fused-ring (bicyclic) bond motifs is 3. The molecule has 0 fully saturated rings. The van der Waals surface area contributed by atoms with Crippen LogP contribution in [0.2, 0.25) is 0 Å². The van der Waals surface area contributed by atoms with Crippen molar-refractivity contribution in [2.45, 2.75) is 0 Å². The number of nitrogens with zero attached hydrogens (tertiary/aromatic N) is 1. The molecule has 1 nitrogen and oxygen atoms in total. The fraction of sp³-hybridized carbons (Fsp3) is 0.0294. The lowest BCUT2D eigenvalue weighted by Crippen LogP contribution is -2.75. The van der Waals surface area contributed by atoms with Gasteiger partial charge in [-0.15, -0.1) is 28.7 Å². The van der Waals surface area contributed by atoms with Crippen molar-refractivity contribution in [3.8, 4) is 0 Å². The van der Waals surface area contributed by atoms with Crippen LogP contribution in [0.1, 0.15) is 5.56 Å². The van der Waals surface area contributed by atoms with Crippen molar-refractivity contribution in [1.82, 2.24) is 0 Å². The van der Waals surface area contributed by atoms with Gasteiger partial charge in [0.1, 0.15) is 29.5 Å². The highest BCUT2D eigenvalue weighted by Gasteiger charge is 2.57. The van der Waals surface area contributed by atoms with Crippen LogP contribution in [0, 0.1) is 58.2 Å². The van der Waals surface area contributed by atoms with Gasteiger partial charge in [-0.2, -0.15) is 0 Å². The summed E-state index contributed by atoms with van der Waals surface area (Å²) in [5, 5.41) is 2.92. The Morgan fingerprint density at radius 2 is 0.854 bits per heavy atom. The Hall–Kier alpha value is -4.55. The fourth-order valence-corrected chi connectivity index (χ4v) is 6.52. The first-order chi connectivity index (χ1) is 22.9. The van der Waals surface area contributed by atoms with Crippen LogP contribution in [-0.4, -0.2) is 22.3 Å². The first-order valence-corrected chi connectivity index (χ1v) is 14.9. The first kappa shape index (κ1) is 33.4. The molecule has 0 unspecified atom stereocenters. The predicted molar refractivity (Wildman–Crippen MR) is 167 cm³/mol. The molecule has 48 heavy (non-hydrogen) atoms. The molecule has 0 atom stereocenters. The zero-order valence-corrected chi connectivity index (χ0v) is 25.4. The highest BCUT2D eigenvalue weighted by Crippen LogP contribution is 2.33. The smallest absolute Gasteiger partial charge is 0.372 e. The summed E-state index contributed by atoms with van der Waals surface area (Å²) in [6.07, 6.45) is -3.29. The molecule has 1 aliphatic rings. The maximum Gasteiger partial charge on any atom is 0.372 e. The van der Waals surface area contributed by atoms with E-state index in [-0.39, 0.29) is 16.6 Å². The summed E-state index contributed by atoms with van der Waals surface area (Å²) >= 11 is 9.53. The Kier molecular flexibility index (Phi) is 8.67. The van der Waals surface area contributed by atoms with Crippen LogP contribution in [0.5, 0.6) is 0 Å². The summed E-state index contributed by atoms with van der Waals surface area (Å²) in [5.41, 5.74) is -4.17. The molecule has 1 heterocycles. The van der Waals surface area contributed by atoms with E-state index in [1.807, 2.05) is 18.2 Å². The summed E-state index contributed by atoms with van der Waals surface area (Å²) in [6.45, 7) is 0. The van der Waals surface area contributed by atoms with Gasteiger partial charge in [0.05, 0.1) is 5.34 Å². The van der Waals surface area contributed by atoms with Gasteiger partial charge >= 0.3 is 6.28 Å². The minimum atomic E-state index is -4.39. The van der Waals surface area contributed by atoms with Crippen LogP contribution >= 0.6 is 23.2 Å². The van der Waals surface area contributed by atoms with Gasteiger partial charge in [-0.3, -0.25) is 0 Å². The SMILES string of the molecule is ClCCl.Fc1c(F)c(F)c([B-]2(c3c(F)c(F)c(F)c(F)c3F)c3ccccc3C=[N+]2c2ccc3cc4ccccc4cc3c2)c(F)c1F. The second-order valence-corrected chi connectivity index (χ2v) is 11.6. The van der Waals surface area contributed by atoms with Crippen LogP contribution < -0.4 is 16.4 Å². The fourth-order valence-electron chi connectivity index (χ4n) is 6.52. The van der Waals surface area contributed by atoms with E-state index in [1.165, 1.54) is 36.4 Å². The molecular formula is C34H16BCl2F10N. The van der Waals surface area contributed by atoms with Gasteiger partial charge in [0, 0.05) is 17.7 Å². The Balaban J connectivity index is 0.00000129. The molecule has 0 saturated heterocycles. The van der Waals surface area contributed by atoms with Crippen LogP contribution in [0.15, 0.2) is 78.9 Å². The monoisotopic (exact) mass is 709 g/mol. The molecule has 1 aliphatic heterocycles. The lowest BCUT2D eigenvalue weighted by atomic mass is 9.23. The van der Waals surface area contributed by atoms with Gasteiger partial charge in [0.2, 0.25) is 0 Å². The molecule has 6 aromatic rings. The summed E-state index contributed by atoms with van der Waals surface area (Å²) in [4.78, 5) is 0. The van der Waals surface area contributed by atoms with E-state index in [2.05, 4.69) is 0 Å². The first-order valence-electron chi connectivity index (χ1n) is 13.9. The molecule has 0 bridgehead atoms. The van der Waals surface area contributed by atoms with Crippen LogP contribution in [0.25, 0.3) is 21.5 Å². The van der Waals surface area contributed by atoms with E-state index in [0.717, 1.165) is 27.5 Å². The summed E-state index contributed by atoms with van der Waals surface area (Å²) < 4.78 is 152. The van der Waals surface area contributed by atoms with Crippen molar-refractivity contribution >= 4 is 79.3 Å². The van der Waals surface area contributed by atoms with Gasteiger partial charge in [0.15, 0.2) is 40.6 Å². The van der Waals surface area contributed by atoms with Gasteiger partial charge < -0.3 is 4.49 Å². The number of alkyl halides is 2. The highest BCUT2D eigenvalue weighted by atomic mass is 35.5. The quantitative estimate of drug-likeness (QED) is 0.0433. The van der Waals surface area contributed by atoms with Gasteiger partial charge in [0.25, 0.3) is 0 Å². The third kappa shape index (κ3) is 4.84. The molecule has 0 spiro atoms. The molecule has 244 valence electrons. The lowest BCUT2D eigenvalue weighted by molar-refractivity contribution is -0.279. The summed E-state index contributed by atoms with van der Waals surface area (Å²) in [6, 6.07) is 20.0. The Morgan fingerprint density at radius 3 is 1.35 bits per heavy atom. The zero-order valence-electron chi connectivity index (χ0n) is 23.9. The molecule has 0 aliphatic carbocycles. The topological polar surface area (TPSA) is 3.01 Å². The largest absolute Gasteiger partial charge is 0.408 e. The van der Waals surface area contributed by atoms with E-state index in [1.54, 1.807) is 18.2 Å². The molecule has 14 heteroatoms. The van der Waals surface area contributed by atoms with Gasteiger partial charge in [-0.05, 0) is 50.7 Å². The van der Waals surface area contributed by atoms with E-state index in [4.69, 9.17) is 23.2 Å². The predicted octanol–water partition coefficient (Wildman–Crippen LogP) is 8.55. The van der Waals surface area contributed by atoms with Crippen molar-refractivity contribution in [1.29, 1.82) is 0 Å². The minimum absolute atomic E-state index is 0.0380. The molecule has 0 aromatic heterocycles. The second-order valence-electron chi connectivity index (χ2n) is 10.8. The van der Waals surface area contributed by atoms with E-state index in [9.17, 15) is 26.3 Å². The minimum Gasteiger partial charge on any atom is -0.408 e. The van der Waals surface area contributed by atoms with Crippen molar-refractivity contribution in [3.63, 3.8) is 0 Å². The Labute approximate surface area is 275 Å². The molecular weight excluding hydrogens is 694 g/mol. The molecule has 7 rings (SSSR count). The van der Waals surface area contributed by atoms with Crippen molar-refractivity contribution in [3.05, 3.63) is 143 Å². The average Bonchev–Trinajstić information content (AvgIpc) is 3.42. The number of hydrogen-bond acceptors (Lipinski definition) is 0. The Bertz CT molecular complexity index is 2200. The standard InChI is InChI=1S/C33H14BF10N.CH2Cl2/c35-24-22(25(36)29(40)32(43)28(24)39)34(23-26(37)30(41)33(44)31(42)27(23)38)21-8-4-3-7-18(21)14-45(34)20-10-9-17-11-15-5-1-2-6-16(15)12-19(17)13-20;2-1-3/h1-14H;1H2. The van der Waals surface area contributed by atoms with Crippen LogP contribution in [0.4, 0.5) is 49.6 Å². The maximum atomic E-state index is 15.9. The van der Waals surface area contributed by atoms with Crippen molar-refractivity contribution in [2.24, 2.45) is 0 Å². The maximum absolute atomic E-state index is 15.9. The zero-order chi connectivity index (χ0) is 34.7. The number of halogens is 12. The molecule has 0 radical (unpaired) electrons. The van der Waals surface area contributed by atoms with E-state index < -0.39 is 80.8 Å². The summed E-state index contributed by atoms with van der Waals surface area (Å²) in [5.74, 6) is -25.0. The third-order valence-electron chi connectivity index (χ3n) is 8.45. The highest BCUT2D eigenvalue weighted by molar-refractivity contribution is 7.07. The molecule has 6 aromatic carbocycles. The molecule has 0 saturated carbocycles. The van der Waals surface area contributed by atoms with Crippen LogP contribution in [-0.2, 0) is 0 Å². The van der Waals surface area contributed by atoms with E-state index in [0.29, 0.717) is 10.8 Å². The second kappa shape index (κ2) is 12.5. The normalized spacial score (nSPS) is 13.4. The van der Waals surface area contributed by atoms with Gasteiger partial charge in [-0.25, -0.2) is 43.9 Å². The molecule has 0 N–H and O–H groups in total. The third-order valence-corrected chi connectivity index (χ3v) is 8.45. The van der Waals surface area contributed by atoms with Crippen LogP contribution in [0.3, 0.4) is 0 Å². The van der Waals surface area contributed by atoms with Crippen molar-refractivity contribution < 1.29 is 48.4 Å². The number of hydrogen-bond donors (Lipinski definition) is 0. The van der Waals surface area contributed by atoms with E-state index >= 15 is 17.6 Å². The van der Waals surface area contributed by atoms with Gasteiger partial charge in [-0.1, -0.05) is 48.5 Å². The van der Waals surface area contributed by atoms with Crippen molar-refractivity contribution in [2.75, 3.05) is 5.34 Å². The summed E-state index contributed by atoms with van der Waals surface area (Å²) in [7, 11) is 0. The Morgan fingerprint density at radius 1 is 0.458 bits per heavy atom. The lowest BCUT2D eigenvalue weighted by Gasteiger charge is -2.36. The number of rotatable bonds is 3. The number of benzene rings is 6. The average molecular weight is 710 g/mol.